The second-order valence-electron chi connectivity index (χ2n) is 6.87. The van der Waals surface area contributed by atoms with Gasteiger partial charge in [-0.2, -0.15) is 0 Å². The van der Waals surface area contributed by atoms with Crippen molar-refractivity contribution in [2.75, 3.05) is 11.9 Å². The van der Waals surface area contributed by atoms with E-state index >= 15 is 0 Å². The Labute approximate surface area is 148 Å². The minimum atomic E-state index is -1.26. The quantitative estimate of drug-likeness (QED) is 0.480. The SMILES string of the molecule is CC1(C)CC2(NC(=O)N(CCCCBr)C2=O)c2cc(F)ccc2O1. The second-order valence-corrected chi connectivity index (χ2v) is 7.66. The molecule has 0 saturated carbocycles. The molecular weight excluding hydrogens is 379 g/mol. The van der Waals surface area contributed by atoms with Gasteiger partial charge in [0.05, 0.1) is 0 Å². The van der Waals surface area contributed by atoms with Gasteiger partial charge in [-0.1, -0.05) is 15.9 Å². The Morgan fingerprint density at radius 1 is 1.33 bits per heavy atom. The molecule has 0 radical (unpaired) electrons. The molecule has 2 heterocycles. The van der Waals surface area contributed by atoms with E-state index in [1.165, 1.54) is 23.1 Å². The van der Waals surface area contributed by atoms with Crippen LogP contribution in [-0.2, 0) is 10.3 Å². The summed E-state index contributed by atoms with van der Waals surface area (Å²) in [6.07, 6.45) is 1.84. The fourth-order valence-electron chi connectivity index (χ4n) is 3.49. The molecule has 2 aliphatic heterocycles. The molecule has 0 bridgehead atoms. The van der Waals surface area contributed by atoms with Gasteiger partial charge >= 0.3 is 6.03 Å². The predicted octanol–water partition coefficient (Wildman–Crippen LogP) is 3.31. The van der Waals surface area contributed by atoms with E-state index in [4.69, 9.17) is 4.74 Å². The largest absolute Gasteiger partial charge is 0.487 e. The normalized spacial score (nSPS) is 24.8. The molecule has 1 unspecified atom stereocenters. The fourth-order valence-corrected chi connectivity index (χ4v) is 3.88. The molecular formula is C17H20BrFN2O3. The number of ether oxygens (including phenoxy) is 1. The fraction of sp³-hybridized carbons (Fsp3) is 0.529. The van der Waals surface area contributed by atoms with Gasteiger partial charge in [0.25, 0.3) is 5.91 Å². The number of nitrogens with zero attached hydrogens (tertiary/aromatic N) is 1. The third-order valence-corrected chi connectivity index (χ3v) is 4.98. The van der Waals surface area contributed by atoms with Crippen molar-refractivity contribution >= 4 is 27.9 Å². The summed E-state index contributed by atoms with van der Waals surface area (Å²) in [5, 5.41) is 3.63. The highest BCUT2D eigenvalue weighted by Gasteiger charge is 2.58. The van der Waals surface area contributed by atoms with Crippen LogP contribution in [0, 0.1) is 5.82 Å². The maximum absolute atomic E-state index is 13.8. The van der Waals surface area contributed by atoms with Crippen LogP contribution in [0.15, 0.2) is 18.2 Å². The monoisotopic (exact) mass is 398 g/mol. The number of amides is 3. The lowest BCUT2D eigenvalue weighted by Gasteiger charge is -2.42. The van der Waals surface area contributed by atoms with Gasteiger partial charge in [0.15, 0.2) is 5.54 Å². The lowest BCUT2D eigenvalue weighted by molar-refractivity contribution is -0.134. The Morgan fingerprint density at radius 3 is 2.79 bits per heavy atom. The number of unbranched alkanes of at least 4 members (excludes halogenated alkanes) is 1. The first-order chi connectivity index (χ1) is 11.3. The summed E-state index contributed by atoms with van der Waals surface area (Å²) in [6, 6.07) is 3.66. The Kier molecular flexibility index (Phi) is 4.32. The highest BCUT2D eigenvalue weighted by molar-refractivity contribution is 9.09. The topological polar surface area (TPSA) is 58.6 Å². The first-order valence-electron chi connectivity index (χ1n) is 7.98. The summed E-state index contributed by atoms with van der Waals surface area (Å²) in [5.74, 6) is -0.356. The van der Waals surface area contributed by atoms with Crippen LogP contribution in [-0.4, -0.2) is 34.3 Å². The van der Waals surface area contributed by atoms with Crippen LogP contribution in [0.25, 0.3) is 0 Å². The zero-order valence-corrected chi connectivity index (χ0v) is 15.3. The molecule has 5 nitrogen and oxygen atoms in total. The van der Waals surface area contributed by atoms with Crippen LogP contribution in [0.5, 0.6) is 5.75 Å². The second kappa shape index (κ2) is 6.02. The summed E-state index contributed by atoms with van der Waals surface area (Å²) in [5.41, 5.74) is -1.52. The molecule has 1 N–H and O–H groups in total. The van der Waals surface area contributed by atoms with E-state index in [1.807, 2.05) is 13.8 Å². The van der Waals surface area contributed by atoms with Crippen LogP contribution in [0.1, 0.15) is 38.7 Å². The molecule has 3 amide bonds. The third-order valence-electron chi connectivity index (χ3n) is 4.42. The summed E-state index contributed by atoms with van der Waals surface area (Å²) >= 11 is 3.34. The van der Waals surface area contributed by atoms with Gasteiger partial charge in [0.2, 0.25) is 0 Å². The van der Waals surface area contributed by atoms with Crippen LogP contribution in [0.2, 0.25) is 0 Å². The lowest BCUT2D eigenvalue weighted by atomic mass is 9.77. The summed E-state index contributed by atoms with van der Waals surface area (Å²) in [4.78, 5) is 26.7. The standard InChI is InChI=1S/C17H20BrFN2O3/c1-16(2)10-17(12-9-11(19)5-6-13(12)24-16)14(22)21(15(23)20-17)8-4-3-7-18/h5-6,9H,3-4,7-8,10H2,1-2H3,(H,20,23). The number of rotatable bonds is 4. The maximum Gasteiger partial charge on any atom is 0.325 e. The van der Waals surface area contributed by atoms with Crippen molar-refractivity contribution in [2.45, 2.75) is 44.2 Å². The van der Waals surface area contributed by atoms with Crippen LogP contribution >= 0.6 is 15.9 Å². The van der Waals surface area contributed by atoms with E-state index in [1.54, 1.807) is 0 Å². The number of nitrogens with one attached hydrogen (secondary N) is 1. The number of urea groups is 1. The summed E-state index contributed by atoms with van der Waals surface area (Å²) in [7, 11) is 0. The zero-order valence-electron chi connectivity index (χ0n) is 13.7. The molecule has 0 aliphatic carbocycles. The van der Waals surface area contributed by atoms with Crippen molar-refractivity contribution in [1.29, 1.82) is 0 Å². The van der Waals surface area contributed by atoms with Crippen LogP contribution in [0.3, 0.4) is 0 Å². The number of fused-ring (bicyclic) bond motifs is 2. The Morgan fingerprint density at radius 2 is 2.08 bits per heavy atom. The smallest absolute Gasteiger partial charge is 0.325 e. The molecule has 1 aromatic rings. The van der Waals surface area contributed by atoms with Crippen LogP contribution in [0.4, 0.5) is 9.18 Å². The Balaban J connectivity index is 2.02. The Hall–Kier alpha value is -1.63. The zero-order chi connectivity index (χ0) is 17.5. The lowest BCUT2D eigenvalue weighted by Crippen LogP contribution is -2.53. The molecule has 7 heteroatoms. The molecule has 1 atom stereocenters. The van der Waals surface area contributed by atoms with Gasteiger partial charge in [-0.3, -0.25) is 9.69 Å². The molecule has 1 fully saturated rings. The number of benzene rings is 1. The summed E-state index contributed by atoms with van der Waals surface area (Å²) in [6.45, 7) is 4.06. The highest BCUT2D eigenvalue weighted by atomic mass is 79.9. The van der Waals surface area contributed by atoms with Crippen molar-refractivity contribution < 1.29 is 18.7 Å². The van der Waals surface area contributed by atoms with Gasteiger partial charge in [-0.25, -0.2) is 9.18 Å². The number of halogens is 2. The molecule has 0 aromatic heterocycles. The number of carbonyl (C=O) groups is 2. The number of imide groups is 1. The first kappa shape index (κ1) is 17.2. The third kappa shape index (κ3) is 2.79. The van der Waals surface area contributed by atoms with Crippen molar-refractivity contribution in [1.82, 2.24) is 10.2 Å². The molecule has 130 valence electrons. The van der Waals surface area contributed by atoms with E-state index in [0.717, 1.165) is 18.2 Å². The molecule has 1 aromatic carbocycles. The van der Waals surface area contributed by atoms with Gasteiger partial charge < -0.3 is 10.1 Å². The van der Waals surface area contributed by atoms with E-state index in [2.05, 4.69) is 21.2 Å². The van der Waals surface area contributed by atoms with Gasteiger partial charge in [-0.15, -0.1) is 0 Å². The molecule has 1 spiro atoms. The first-order valence-corrected chi connectivity index (χ1v) is 9.10. The number of hydrogen-bond acceptors (Lipinski definition) is 3. The van der Waals surface area contributed by atoms with E-state index in [-0.39, 0.29) is 12.3 Å². The molecule has 3 rings (SSSR count). The molecule has 2 aliphatic rings. The average Bonchev–Trinajstić information content (AvgIpc) is 2.72. The predicted molar refractivity (Wildman–Crippen MR) is 90.7 cm³/mol. The summed E-state index contributed by atoms with van der Waals surface area (Å²) < 4.78 is 19.7. The average molecular weight is 399 g/mol. The minimum absolute atomic E-state index is 0.260. The van der Waals surface area contributed by atoms with E-state index in [9.17, 15) is 14.0 Å². The maximum atomic E-state index is 13.8. The van der Waals surface area contributed by atoms with E-state index in [0.29, 0.717) is 17.9 Å². The molecule has 24 heavy (non-hydrogen) atoms. The van der Waals surface area contributed by atoms with Crippen LogP contribution < -0.4 is 10.1 Å². The van der Waals surface area contributed by atoms with Gasteiger partial charge in [0, 0.05) is 23.9 Å². The number of carbonyl (C=O) groups excluding carboxylic acids is 2. The Bertz CT molecular complexity index is 694. The molecule has 1 saturated heterocycles. The number of hydrogen-bond donors (Lipinski definition) is 1. The van der Waals surface area contributed by atoms with Gasteiger partial charge in [0.1, 0.15) is 17.2 Å². The van der Waals surface area contributed by atoms with Crippen molar-refractivity contribution in [3.05, 3.63) is 29.6 Å². The number of alkyl halides is 1. The minimum Gasteiger partial charge on any atom is -0.487 e. The van der Waals surface area contributed by atoms with Crippen molar-refractivity contribution in [2.24, 2.45) is 0 Å². The van der Waals surface area contributed by atoms with Crippen molar-refractivity contribution in [3.8, 4) is 5.75 Å². The van der Waals surface area contributed by atoms with Gasteiger partial charge in [-0.05, 0) is 44.9 Å². The van der Waals surface area contributed by atoms with Crippen molar-refractivity contribution in [3.63, 3.8) is 0 Å². The highest BCUT2D eigenvalue weighted by Crippen LogP contribution is 2.46. The van der Waals surface area contributed by atoms with E-state index < -0.39 is 23.0 Å².